The highest BCUT2D eigenvalue weighted by Gasteiger charge is 2.13. The Morgan fingerprint density at radius 2 is 1.70 bits per heavy atom. The summed E-state index contributed by atoms with van der Waals surface area (Å²) in [5, 5.41) is 15.1. The fraction of sp³-hybridized carbons (Fsp3) is 0.0909. The Bertz CT molecular complexity index is 1240. The Morgan fingerprint density at radius 1 is 0.900 bits per heavy atom. The zero-order chi connectivity index (χ0) is 21.1. The summed E-state index contributed by atoms with van der Waals surface area (Å²) in [7, 11) is 3.14. The zero-order valence-electron chi connectivity index (χ0n) is 16.3. The van der Waals surface area contributed by atoms with Gasteiger partial charge in [-0.15, -0.1) is 0 Å². The normalized spacial score (nSPS) is 10.6. The third kappa shape index (κ3) is 3.70. The van der Waals surface area contributed by atoms with Crippen LogP contribution < -0.4 is 14.8 Å². The van der Waals surface area contributed by atoms with Gasteiger partial charge in [0.15, 0.2) is 17.3 Å². The van der Waals surface area contributed by atoms with Crippen LogP contribution in [0.1, 0.15) is 0 Å². The summed E-state index contributed by atoms with van der Waals surface area (Å²) < 4.78 is 10.7. The Labute approximate surface area is 172 Å². The molecule has 0 radical (unpaired) electrons. The molecular weight excluding hydrogens is 384 g/mol. The van der Waals surface area contributed by atoms with Crippen molar-refractivity contribution < 1.29 is 14.4 Å². The highest BCUT2D eigenvalue weighted by Crippen LogP contribution is 2.33. The van der Waals surface area contributed by atoms with Crippen LogP contribution in [0, 0.1) is 10.1 Å². The van der Waals surface area contributed by atoms with Gasteiger partial charge in [-0.1, -0.05) is 18.2 Å². The molecule has 0 aliphatic heterocycles. The minimum absolute atomic E-state index is 0.00141. The van der Waals surface area contributed by atoms with Gasteiger partial charge in [0.2, 0.25) is 0 Å². The van der Waals surface area contributed by atoms with E-state index in [9.17, 15) is 10.1 Å². The topological polar surface area (TPSA) is 99.4 Å². The van der Waals surface area contributed by atoms with Gasteiger partial charge in [-0.2, -0.15) is 0 Å². The van der Waals surface area contributed by atoms with Gasteiger partial charge in [0, 0.05) is 28.8 Å². The molecule has 1 aromatic heterocycles. The second kappa shape index (κ2) is 8.04. The smallest absolute Gasteiger partial charge is 0.271 e. The average Bonchev–Trinajstić information content (AvgIpc) is 2.78. The molecule has 0 aliphatic carbocycles. The van der Waals surface area contributed by atoms with Crippen LogP contribution >= 0.6 is 0 Å². The SMILES string of the molecule is COc1ccc(-c2nc(Nc3cccc([N+](=O)[O-])c3)c3ccccc3n2)cc1OC. The second-order valence-electron chi connectivity index (χ2n) is 6.42. The number of fused-ring (bicyclic) bond motifs is 1. The highest BCUT2D eigenvalue weighted by atomic mass is 16.6. The summed E-state index contributed by atoms with van der Waals surface area (Å²) >= 11 is 0. The second-order valence-corrected chi connectivity index (χ2v) is 6.42. The van der Waals surface area contributed by atoms with Crippen LogP contribution in [0.4, 0.5) is 17.2 Å². The van der Waals surface area contributed by atoms with Gasteiger partial charge < -0.3 is 14.8 Å². The van der Waals surface area contributed by atoms with Crippen molar-refractivity contribution in [2.45, 2.75) is 0 Å². The number of nitrogens with one attached hydrogen (secondary N) is 1. The summed E-state index contributed by atoms with van der Waals surface area (Å²) in [4.78, 5) is 20.0. The molecule has 0 saturated heterocycles. The lowest BCUT2D eigenvalue weighted by Crippen LogP contribution is -2.00. The number of hydrogen-bond acceptors (Lipinski definition) is 7. The first-order valence-corrected chi connectivity index (χ1v) is 9.09. The van der Waals surface area contributed by atoms with Gasteiger partial charge in [-0.05, 0) is 36.4 Å². The fourth-order valence-electron chi connectivity index (χ4n) is 3.11. The lowest BCUT2D eigenvalue weighted by Gasteiger charge is -2.12. The number of para-hydroxylation sites is 1. The molecule has 0 spiro atoms. The molecule has 8 nitrogen and oxygen atoms in total. The quantitative estimate of drug-likeness (QED) is 0.359. The van der Waals surface area contributed by atoms with Crippen LogP contribution in [0.3, 0.4) is 0 Å². The molecule has 30 heavy (non-hydrogen) atoms. The molecule has 0 atom stereocenters. The van der Waals surface area contributed by atoms with Crippen molar-refractivity contribution in [3.63, 3.8) is 0 Å². The van der Waals surface area contributed by atoms with E-state index in [1.807, 2.05) is 30.3 Å². The van der Waals surface area contributed by atoms with Crippen LogP contribution in [0.25, 0.3) is 22.3 Å². The molecular formula is C22H18N4O4. The van der Waals surface area contributed by atoms with E-state index in [4.69, 9.17) is 9.47 Å². The van der Waals surface area contributed by atoms with E-state index in [-0.39, 0.29) is 5.69 Å². The number of ether oxygens (including phenoxy) is 2. The third-order valence-corrected chi connectivity index (χ3v) is 4.56. The summed E-state index contributed by atoms with van der Waals surface area (Å²) in [6, 6.07) is 19.3. The van der Waals surface area contributed by atoms with E-state index in [1.54, 1.807) is 38.5 Å². The minimum Gasteiger partial charge on any atom is -0.493 e. The molecule has 0 bridgehead atoms. The number of nitro groups is 1. The van der Waals surface area contributed by atoms with E-state index in [0.717, 1.165) is 16.5 Å². The van der Waals surface area contributed by atoms with Crippen LogP contribution in [-0.4, -0.2) is 29.1 Å². The van der Waals surface area contributed by atoms with E-state index in [1.165, 1.54) is 12.1 Å². The monoisotopic (exact) mass is 402 g/mol. The maximum atomic E-state index is 11.1. The highest BCUT2D eigenvalue weighted by molar-refractivity contribution is 5.92. The van der Waals surface area contributed by atoms with Gasteiger partial charge in [-0.25, -0.2) is 9.97 Å². The van der Waals surface area contributed by atoms with Crippen molar-refractivity contribution in [1.82, 2.24) is 9.97 Å². The van der Waals surface area contributed by atoms with Gasteiger partial charge in [0.1, 0.15) is 5.82 Å². The number of rotatable bonds is 6. The predicted octanol–water partition coefficient (Wildman–Crippen LogP) is 4.97. The van der Waals surface area contributed by atoms with Crippen molar-refractivity contribution in [3.8, 4) is 22.9 Å². The molecule has 150 valence electrons. The van der Waals surface area contributed by atoms with Crippen LogP contribution in [0.2, 0.25) is 0 Å². The fourth-order valence-corrected chi connectivity index (χ4v) is 3.11. The van der Waals surface area contributed by atoms with E-state index >= 15 is 0 Å². The molecule has 0 aliphatic rings. The van der Waals surface area contributed by atoms with Gasteiger partial charge >= 0.3 is 0 Å². The third-order valence-electron chi connectivity index (χ3n) is 4.56. The first-order chi connectivity index (χ1) is 14.6. The van der Waals surface area contributed by atoms with Crippen molar-refractivity contribution in [3.05, 3.63) is 76.8 Å². The molecule has 1 heterocycles. The number of non-ortho nitro benzene ring substituents is 1. The van der Waals surface area contributed by atoms with Crippen LogP contribution in [0.5, 0.6) is 11.5 Å². The number of aromatic nitrogens is 2. The van der Waals surface area contributed by atoms with Crippen molar-refractivity contribution >= 4 is 28.1 Å². The summed E-state index contributed by atoms with van der Waals surface area (Å²) in [5.74, 6) is 2.21. The molecule has 0 amide bonds. The Balaban J connectivity index is 1.82. The molecule has 0 fully saturated rings. The molecule has 8 heteroatoms. The lowest BCUT2D eigenvalue weighted by atomic mass is 10.1. The van der Waals surface area contributed by atoms with Crippen molar-refractivity contribution in [2.24, 2.45) is 0 Å². The zero-order valence-corrected chi connectivity index (χ0v) is 16.3. The van der Waals surface area contributed by atoms with Gasteiger partial charge in [0.05, 0.1) is 24.7 Å². The number of methoxy groups -OCH3 is 2. The number of anilines is 2. The molecule has 3 aromatic carbocycles. The maximum Gasteiger partial charge on any atom is 0.271 e. The standard InChI is InChI=1S/C22H18N4O4/c1-29-19-11-10-14(12-20(19)30-2)21-24-18-9-4-3-8-17(18)22(25-21)23-15-6-5-7-16(13-15)26(27)28/h3-13H,1-2H3,(H,23,24,25). The van der Waals surface area contributed by atoms with Gasteiger partial charge in [-0.3, -0.25) is 10.1 Å². The first kappa shape index (κ1) is 19.1. The van der Waals surface area contributed by atoms with Crippen molar-refractivity contribution in [2.75, 3.05) is 19.5 Å². The summed E-state index contributed by atoms with van der Waals surface area (Å²) in [5.41, 5.74) is 2.05. The Kier molecular flexibility index (Phi) is 5.13. The number of hydrogen-bond donors (Lipinski definition) is 1. The average molecular weight is 402 g/mol. The number of benzene rings is 3. The Morgan fingerprint density at radius 3 is 2.47 bits per heavy atom. The van der Waals surface area contributed by atoms with Gasteiger partial charge in [0.25, 0.3) is 5.69 Å². The largest absolute Gasteiger partial charge is 0.493 e. The predicted molar refractivity (Wildman–Crippen MR) is 114 cm³/mol. The number of nitrogens with zero attached hydrogens (tertiary/aromatic N) is 3. The summed E-state index contributed by atoms with van der Waals surface area (Å²) in [6.07, 6.45) is 0. The minimum atomic E-state index is -0.432. The molecule has 4 aromatic rings. The molecule has 0 unspecified atom stereocenters. The van der Waals surface area contributed by atoms with E-state index in [0.29, 0.717) is 28.8 Å². The van der Waals surface area contributed by atoms with Crippen LogP contribution in [0.15, 0.2) is 66.7 Å². The number of nitro benzene ring substituents is 1. The molecule has 0 saturated carbocycles. The van der Waals surface area contributed by atoms with Crippen LogP contribution in [-0.2, 0) is 0 Å². The van der Waals surface area contributed by atoms with E-state index in [2.05, 4.69) is 15.3 Å². The molecule has 1 N–H and O–H groups in total. The first-order valence-electron chi connectivity index (χ1n) is 9.09. The van der Waals surface area contributed by atoms with E-state index < -0.39 is 4.92 Å². The van der Waals surface area contributed by atoms with Crippen molar-refractivity contribution in [1.29, 1.82) is 0 Å². The Hall–Kier alpha value is -4.20. The molecule has 4 rings (SSSR count). The maximum absolute atomic E-state index is 11.1. The lowest BCUT2D eigenvalue weighted by molar-refractivity contribution is -0.384. The summed E-state index contributed by atoms with van der Waals surface area (Å²) in [6.45, 7) is 0.